The zero-order chi connectivity index (χ0) is 22.8. The molecule has 164 valence electrons. The molecule has 3 rings (SSSR count). The molecule has 0 bridgehead atoms. The standard InChI is InChI=1S/C20H22N4O5S2/c1-22(2)10-5-11-23(19(25)14-6-4-7-16(12-14)31(3,28)29)20-21-17-9-8-15(24(26)27)13-18(17)30-20/h4,6-9,12-13H,5,10-11H2,1-3H3. The molecule has 11 heteroatoms. The summed E-state index contributed by atoms with van der Waals surface area (Å²) in [5.74, 6) is -0.377. The van der Waals surface area contributed by atoms with Crippen molar-refractivity contribution < 1.29 is 18.1 Å². The van der Waals surface area contributed by atoms with E-state index in [1.54, 1.807) is 12.1 Å². The highest BCUT2D eigenvalue weighted by atomic mass is 32.2. The highest BCUT2D eigenvalue weighted by molar-refractivity contribution is 7.90. The monoisotopic (exact) mass is 462 g/mol. The maximum absolute atomic E-state index is 13.3. The first-order valence-electron chi connectivity index (χ1n) is 9.38. The van der Waals surface area contributed by atoms with Crippen LogP contribution in [0.3, 0.4) is 0 Å². The second kappa shape index (κ2) is 9.08. The van der Waals surface area contributed by atoms with E-state index >= 15 is 0 Å². The molecule has 1 amide bonds. The molecule has 0 unspecified atom stereocenters. The number of benzene rings is 2. The summed E-state index contributed by atoms with van der Waals surface area (Å²) in [6.45, 7) is 1.10. The molecular formula is C20H22N4O5S2. The summed E-state index contributed by atoms with van der Waals surface area (Å²) in [5, 5.41) is 11.5. The van der Waals surface area contributed by atoms with E-state index in [-0.39, 0.29) is 22.1 Å². The van der Waals surface area contributed by atoms with Gasteiger partial charge in [-0.3, -0.25) is 19.8 Å². The number of carbonyl (C=O) groups excluding carboxylic acids is 1. The molecule has 0 saturated carbocycles. The lowest BCUT2D eigenvalue weighted by Gasteiger charge is -2.21. The fourth-order valence-electron chi connectivity index (χ4n) is 2.97. The van der Waals surface area contributed by atoms with Crippen LogP contribution in [0.4, 0.5) is 10.8 Å². The van der Waals surface area contributed by atoms with Crippen LogP contribution in [-0.4, -0.2) is 62.6 Å². The quantitative estimate of drug-likeness (QED) is 0.373. The number of nitro benzene ring substituents is 1. The molecule has 3 aromatic rings. The van der Waals surface area contributed by atoms with Crippen molar-refractivity contribution >= 4 is 48.1 Å². The summed E-state index contributed by atoms with van der Waals surface area (Å²) in [4.78, 5) is 32.0. The number of thiazole rings is 1. The van der Waals surface area contributed by atoms with Gasteiger partial charge in [-0.15, -0.1) is 0 Å². The predicted octanol–water partition coefficient (Wildman–Crippen LogP) is 3.21. The van der Waals surface area contributed by atoms with Crippen molar-refractivity contribution in [1.82, 2.24) is 9.88 Å². The third-order valence-corrected chi connectivity index (χ3v) is 6.70. The Hall–Kier alpha value is -2.89. The van der Waals surface area contributed by atoms with Gasteiger partial charge in [0.15, 0.2) is 15.0 Å². The number of amides is 1. The van der Waals surface area contributed by atoms with E-state index in [0.717, 1.165) is 12.8 Å². The van der Waals surface area contributed by atoms with Crippen molar-refractivity contribution in [1.29, 1.82) is 0 Å². The first-order chi connectivity index (χ1) is 14.6. The average molecular weight is 463 g/mol. The van der Waals surface area contributed by atoms with Crippen LogP contribution in [0.5, 0.6) is 0 Å². The summed E-state index contributed by atoms with van der Waals surface area (Å²) < 4.78 is 24.4. The van der Waals surface area contributed by atoms with Crippen LogP contribution in [0.1, 0.15) is 16.8 Å². The van der Waals surface area contributed by atoms with Gasteiger partial charge in [-0.2, -0.15) is 0 Å². The second-order valence-corrected chi connectivity index (χ2v) is 10.3. The molecule has 0 aliphatic carbocycles. The maximum atomic E-state index is 13.3. The summed E-state index contributed by atoms with van der Waals surface area (Å²) in [6.07, 6.45) is 1.76. The molecule has 31 heavy (non-hydrogen) atoms. The van der Waals surface area contributed by atoms with E-state index in [1.165, 1.54) is 46.6 Å². The Kier molecular flexibility index (Phi) is 6.68. The average Bonchev–Trinajstić information content (AvgIpc) is 3.12. The number of anilines is 1. The number of hydrogen-bond acceptors (Lipinski definition) is 8. The third-order valence-electron chi connectivity index (χ3n) is 4.54. The van der Waals surface area contributed by atoms with Gasteiger partial charge in [0.25, 0.3) is 11.6 Å². The number of rotatable bonds is 8. The van der Waals surface area contributed by atoms with Crippen molar-refractivity contribution in [2.45, 2.75) is 11.3 Å². The molecule has 0 atom stereocenters. The van der Waals surface area contributed by atoms with Crippen molar-refractivity contribution in [3.8, 4) is 0 Å². The molecule has 0 radical (unpaired) electrons. The lowest BCUT2D eigenvalue weighted by Crippen LogP contribution is -2.33. The lowest BCUT2D eigenvalue weighted by molar-refractivity contribution is -0.384. The molecule has 1 heterocycles. The van der Waals surface area contributed by atoms with Gasteiger partial charge in [-0.25, -0.2) is 13.4 Å². The normalized spacial score (nSPS) is 11.7. The number of nitrogens with zero attached hydrogens (tertiary/aromatic N) is 4. The third kappa shape index (κ3) is 5.43. The molecule has 0 saturated heterocycles. The molecule has 0 N–H and O–H groups in total. The minimum Gasteiger partial charge on any atom is -0.309 e. The van der Waals surface area contributed by atoms with E-state index in [9.17, 15) is 23.3 Å². The molecule has 0 fully saturated rings. The lowest BCUT2D eigenvalue weighted by atomic mass is 10.2. The maximum Gasteiger partial charge on any atom is 0.270 e. The fraction of sp³-hybridized carbons (Fsp3) is 0.300. The molecule has 0 aliphatic rings. The van der Waals surface area contributed by atoms with E-state index in [0.29, 0.717) is 28.3 Å². The van der Waals surface area contributed by atoms with Crippen LogP contribution in [0.25, 0.3) is 10.2 Å². The zero-order valence-electron chi connectivity index (χ0n) is 17.3. The largest absolute Gasteiger partial charge is 0.309 e. The Balaban J connectivity index is 2.01. The van der Waals surface area contributed by atoms with Gasteiger partial charge in [-0.05, 0) is 51.3 Å². The number of nitro groups is 1. The zero-order valence-corrected chi connectivity index (χ0v) is 18.9. The predicted molar refractivity (Wildman–Crippen MR) is 121 cm³/mol. The molecule has 2 aromatic carbocycles. The number of carbonyl (C=O) groups is 1. The minimum absolute atomic E-state index is 0.0472. The van der Waals surface area contributed by atoms with Crippen LogP contribution in [0.15, 0.2) is 47.4 Å². The number of sulfone groups is 1. The van der Waals surface area contributed by atoms with Crippen molar-refractivity contribution in [3.05, 3.63) is 58.1 Å². The number of fused-ring (bicyclic) bond motifs is 1. The van der Waals surface area contributed by atoms with E-state index in [1.807, 2.05) is 19.0 Å². The van der Waals surface area contributed by atoms with Gasteiger partial charge < -0.3 is 4.90 Å². The second-order valence-electron chi connectivity index (χ2n) is 7.32. The van der Waals surface area contributed by atoms with Gasteiger partial charge in [0.2, 0.25) is 0 Å². The Morgan fingerprint density at radius 1 is 1.16 bits per heavy atom. The highest BCUT2D eigenvalue weighted by Gasteiger charge is 2.23. The fourth-order valence-corrected chi connectivity index (χ4v) is 4.66. The Morgan fingerprint density at radius 3 is 2.55 bits per heavy atom. The molecule has 0 spiro atoms. The smallest absolute Gasteiger partial charge is 0.270 e. The summed E-state index contributed by atoms with van der Waals surface area (Å²) in [5.41, 5.74) is 0.743. The summed E-state index contributed by atoms with van der Waals surface area (Å²) in [6, 6.07) is 10.3. The van der Waals surface area contributed by atoms with Gasteiger partial charge in [0.05, 0.1) is 20.0 Å². The van der Waals surface area contributed by atoms with E-state index in [2.05, 4.69) is 4.98 Å². The van der Waals surface area contributed by atoms with Gasteiger partial charge in [-0.1, -0.05) is 17.4 Å². The SMILES string of the molecule is CN(C)CCCN(C(=O)c1cccc(S(C)(=O)=O)c1)c1nc2ccc([N+](=O)[O-])cc2s1. The van der Waals surface area contributed by atoms with Crippen LogP contribution < -0.4 is 4.90 Å². The van der Waals surface area contributed by atoms with Gasteiger partial charge in [0, 0.05) is 30.5 Å². The molecule has 0 aliphatic heterocycles. The van der Waals surface area contributed by atoms with Crippen LogP contribution in [-0.2, 0) is 9.84 Å². The number of hydrogen-bond donors (Lipinski definition) is 0. The van der Waals surface area contributed by atoms with Crippen LogP contribution >= 0.6 is 11.3 Å². The first-order valence-corrected chi connectivity index (χ1v) is 12.1. The van der Waals surface area contributed by atoms with Crippen molar-refractivity contribution in [2.24, 2.45) is 0 Å². The molecule has 1 aromatic heterocycles. The Morgan fingerprint density at radius 2 is 1.90 bits per heavy atom. The van der Waals surface area contributed by atoms with Gasteiger partial charge >= 0.3 is 0 Å². The number of non-ortho nitro benzene ring substituents is 1. The molecular weight excluding hydrogens is 440 g/mol. The molecule has 9 nitrogen and oxygen atoms in total. The highest BCUT2D eigenvalue weighted by Crippen LogP contribution is 2.32. The topological polar surface area (TPSA) is 114 Å². The number of aromatic nitrogens is 1. The van der Waals surface area contributed by atoms with Crippen LogP contribution in [0, 0.1) is 10.1 Å². The van der Waals surface area contributed by atoms with Crippen molar-refractivity contribution in [2.75, 3.05) is 38.3 Å². The first kappa shape index (κ1) is 22.8. The summed E-state index contributed by atoms with van der Waals surface area (Å²) >= 11 is 1.19. The van der Waals surface area contributed by atoms with Gasteiger partial charge in [0.1, 0.15) is 0 Å². The minimum atomic E-state index is -3.47. The summed E-state index contributed by atoms with van der Waals surface area (Å²) in [7, 11) is 0.393. The van der Waals surface area contributed by atoms with Crippen molar-refractivity contribution in [3.63, 3.8) is 0 Å². The van der Waals surface area contributed by atoms with Crippen LogP contribution in [0.2, 0.25) is 0 Å². The van der Waals surface area contributed by atoms with E-state index < -0.39 is 14.8 Å². The van der Waals surface area contributed by atoms with E-state index in [4.69, 9.17) is 0 Å². The Bertz CT molecular complexity index is 1240. The Labute approximate surface area is 184 Å².